The first-order chi connectivity index (χ1) is 14.3. The van der Waals surface area contributed by atoms with Crippen LogP contribution in [0.25, 0.3) is 0 Å². The van der Waals surface area contributed by atoms with Crippen LogP contribution < -0.4 is 0 Å². The molecule has 0 bridgehead atoms. The minimum Gasteiger partial charge on any atom is -0.481 e. The summed E-state index contributed by atoms with van der Waals surface area (Å²) in [5, 5.41) is 30.0. The summed E-state index contributed by atoms with van der Waals surface area (Å²) in [6, 6.07) is 0. The zero-order chi connectivity index (χ0) is 22.5. The molecule has 30 heavy (non-hydrogen) atoms. The predicted molar refractivity (Wildman–Crippen MR) is 120 cm³/mol. The zero-order valence-electron chi connectivity index (χ0n) is 19.3. The Kier molecular flexibility index (Phi) is 13.2. The van der Waals surface area contributed by atoms with Gasteiger partial charge in [0, 0.05) is 12.8 Å². The van der Waals surface area contributed by atoms with Crippen LogP contribution in [0.4, 0.5) is 0 Å². The van der Waals surface area contributed by atoms with E-state index >= 15 is 0 Å². The van der Waals surface area contributed by atoms with Crippen molar-refractivity contribution in [2.45, 2.75) is 110 Å². The van der Waals surface area contributed by atoms with Gasteiger partial charge in [0.25, 0.3) is 0 Å². The van der Waals surface area contributed by atoms with Crippen LogP contribution >= 0.6 is 0 Å². The average molecular weight is 425 g/mol. The van der Waals surface area contributed by atoms with Crippen LogP contribution in [0.5, 0.6) is 0 Å². The van der Waals surface area contributed by atoms with Crippen molar-refractivity contribution in [3.05, 3.63) is 12.2 Å². The Labute approximate surface area is 183 Å². The molecule has 1 aliphatic rings. The van der Waals surface area contributed by atoms with Crippen LogP contribution in [0, 0.1) is 23.7 Å². The van der Waals surface area contributed by atoms with Crippen molar-refractivity contribution in [2.75, 3.05) is 0 Å². The fraction of sp³-hybridized carbons (Fsp3) is 0.840. The van der Waals surface area contributed by atoms with Crippen molar-refractivity contribution in [1.82, 2.24) is 0 Å². The summed E-state index contributed by atoms with van der Waals surface area (Å²) in [5.74, 6) is -0.791. The molecule has 0 aromatic heterocycles. The van der Waals surface area contributed by atoms with E-state index < -0.39 is 18.2 Å². The van der Waals surface area contributed by atoms with Gasteiger partial charge >= 0.3 is 5.97 Å². The van der Waals surface area contributed by atoms with Crippen LogP contribution in [-0.4, -0.2) is 39.3 Å². The molecule has 1 fully saturated rings. The fourth-order valence-electron chi connectivity index (χ4n) is 4.67. The quantitative estimate of drug-likeness (QED) is 0.236. The summed E-state index contributed by atoms with van der Waals surface area (Å²) in [5.41, 5.74) is 0. The molecule has 0 radical (unpaired) electrons. The van der Waals surface area contributed by atoms with Gasteiger partial charge < -0.3 is 15.3 Å². The highest BCUT2D eigenvalue weighted by Crippen LogP contribution is 2.38. The second-order valence-corrected chi connectivity index (χ2v) is 9.41. The Morgan fingerprint density at radius 1 is 0.967 bits per heavy atom. The third kappa shape index (κ3) is 9.74. The summed E-state index contributed by atoms with van der Waals surface area (Å²) in [4.78, 5) is 23.5. The van der Waals surface area contributed by atoms with E-state index in [0.29, 0.717) is 44.9 Å². The van der Waals surface area contributed by atoms with Gasteiger partial charge in [-0.1, -0.05) is 58.6 Å². The number of Topliss-reactive ketones (excluding diaryl/α,β-unsaturated/α-hetero) is 1. The molecule has 0 heterocycles. The van der Waals surface area contributed by atoms with Crippen LogP contribution in [0.15, 0.2) is 12.2 Å². The van der Waals surface area contributed by atoms with E-state index in [1.807, 2.05) is 26.0 Å². The molecule has 1 saturated carbocycles. The zero-order valence-corrected chi connectivity index (χ0v) is 19.3. The fourth-order valence-corrected chi connectivity index (χ4v) is 4.67. The molecular formula is C25H44O5. The highest BCUT2D eigenvalue weighted by atomic mass is 16.4. The number of ketones is 1. The molecule has 0 aromatic carbocycles. The first kappa shape index (κ1) is 26.8. The van der Waals surface area contributed by atoms with E-state index in [-0.39, 0.29) is 29.5 Å². The van der Waals surface area contributed by atoms with Gasteiger partial charge in [0.15, 0.2) is 0 Å². The third-order valence-corrected chi connectivity index (χ3v) is 6.68. The van der Waals surface area contributed by atoms with Crippen molar-refractivity contribution >= 4 is 11.8 Å². The van der Waals surface area contributed by atoms with Crippen LogP contribution in [0.3, 0.4) is 0 Å². The molecule has 1 unspecified atom stereocenters. The van der Waals surface area contributed by atoms with Gasteiger partial charge in [-0.05, 0) is 56.3 Å². The van der Waals surface area contributed by atoms with Crippen molar-refractivity contribution in [2.24, 2.45) is 23.7 Å². The number of carbonyl (C=O) groups is 2. The molecule has 5 heteroatoms. The van der Waals surface area contributed by atoms with Crippen molar-refractivity contribution < 1.29 is 24.9 Å². The van der Waals surface area contributed by atoms with E-state index in [4.69, 9.17) is 0 Å². The normalized spacial score (nSPS) is 25.3. The van der Waals surface area contributed by atoms with E-state index in [2.05, 4.69) is 6.92 Å². The minimum absolute atomic E-state index is 0.0334. The highest BCUT2D eigenvalue weighted by Gasteiger charge is 2.40. The van der Waals surface area contributed by atoms with Gasteiger partial charge in [0.1, 0.15) is 5.78 Å². The molecule has 1 rings (SSSR count). The third-order valence-electron chi connectivity index (χ3n) is 6.68. The Morgan fingerprint density at radius 2 is 1.63 bits per heavy atom. The summed E-state index contributed by atoms with van der Waals surface area (Å²) < 4.78 is 0. The Morgan fingerprint density at radius 3 is 2.27 bits per heavy atom. The van der Waals surface area contributed by atoms with Gasteiger partial charge in [-0.3, -0.25) is 9.59 Å². The smallest absolute Gasteiger partial charge is 0.306 e. The molecule has 0 amide bonds. The number of aliphatic hydroxyl groups excluding tert-OH is 2. The van der Waals surface area contributed by atoms with E-state index in [0.717, 1.165) is 12.8 Å². The first-order valence-electron chi connectivity index (χ1n) is 12.0. The minimum atomic E-state index is -0.747. The maximum absolute atomic E-state index is 12.2. The SMILES string of the molecule is CCCCCCCC(=O)CC[C@@H]1[C@@H](CC=CCCC(C(=O)O)C(C)C)[C@@H](O)C[C@H]1O. The second-order valence-electron chi connectivity index (χ2n) is 9.41. The maximum atomic E-state index is 12.2. The van der Waals surface area contributed by atoms with Crippen molar-refractivity contribution in [3.63, 3.8) is 0 Å². The molecule has 5 nitrogen and oxygen atoms in total. The number of aliphatic hydroxyl groups is 2. The van der Waals surface area contributed by atoms with Gasteiger partial charge in [0.05, 0.1) is 18.1 Å². The lowest BCUT2D eigenvalue weighted by molar-refractivity contribution is -0.143. The first-order valence-corrected chi connectivity index (χ1v) is 12.0. The van der Waals surface area contributed by atoms with E-state index in [1.54, 1.807) is 0 Å². The molecule has 174 valence electrons. The number of carboxylic acids is 1. The lowest BCUT2D eigenvalue weighted by Gasteiger charge is -2.22. The van der Waals surface area contributed by atoms with Gasteiger partial charge in [-0.2, -0.15) is 0 Å². The Bertz CT molecular complexity index is 528. The number of aliphatic carboxylic acids is 1. The number of rotatable bonds is 16. The number of unbranched alkanes of at least 4 members (excludes halogenated alkanes) is 4. The number of hydrogen-bond acceptors (Lipinski definition) is 4. The van der Waals surface area contributed by atoms with E-state index in [1.165, 1.54) is 19.3 Å². The molecule has 0 saturated heterocycles. The molecule has 1 aliphatic carbocycles. The van der Waals surface area contributed by atoms with Crippen LogP contribution in [-0.2, 0) is 9.59 Å². The monoisotopic (exact) mass is 424 g/mol. The number of hydrogen-bond donors (Lipinski definition) is 3. The van der Waals surface area contributed by atoms with Crippen molar-refractivity contribution in [3.8, 4) is 0 Å². The Hall–Kier alpha value is -1.20. The summed E-state index contributed by atoms with van der Waals surface area (Å²) in [6.45, 7) is 6.03. The summed E-state index contributed by atoms with van der Waals surface area (Å²) in [6.07, 6.45) is 12.7. The van der Waals surface area contributed by atoms with Crippen LogP contribution in [0.1, 0.15) is 97.8 Å². The second kappa shape index (κ2) is 14.7. The number of carbonyl (C=O) groups excluding carboxylic acids is 1. The lowest BCUT2D eigenvalue weighted by Crippen LogP contribution is -2.22. The number of allylic oxidation sites excluding steroid dienone is 2. The average Bonchev–Trinajstić information content (AvgIpc) is 2.94. The largest absolute Gasteiger partial charge is 0.481 e. The standard InChI is InChI=1S/C25H44O5/c1-4-5-6-7-9-12-19(26)15-16-22-21(23(27)17-24(22)28)14-11-8-10-13-20(18(2)3)25(29)30/h8,11,18,20-24,27-28H,4-7,9-10,12-17H2,1-3H3,(H,29,30)/t20?,21-,22-,23+,24-/m1/s1. The lowest BCUT2D eigenvalue weighted by atomic mass is 9.85. The van der Waals surface area contributed by atoms with Gasteiger partial charge in [-0.15, -0.1) is 0 Å². The summed E-state index contributed by atoms with van der Waals surface area (Å²) >= 11 is 0. The van der Waals surface area contributed by atoms with Gasteiger partial charge in [-0.25, -0.2) is 0 Å². The van der Waals surface area contributed by atoms with Gasteiger partial charge in [0.2, 0.25) is 0 Å². The molecular weight excluding hydrogens is 380 g/mol. The molecule has 0 aliphatic heterocycles. The van der Waals surface area contributed by atoms with Crippen molar-refractivity contribution in [1.29, 1.82) is 0 Å². The number of carboxylic acid groups (broad SMARTS) is 1. The topological polar surface area (TPSA) is 94.8 Å². The Balaban J connectivity index is 2.40. The molecule has 0 aromatic rings. The molecule has 3 N–H and O–H groups in total. The molecule has 0 spiro atoms. The van der Waals surface area contributed by atoms with Crippen LogP contribution in [0.2, 0.25) is 0 Å². The molecule has 5 atom stereocenters. The maximum Gasteiger partial charge on any atom is 0.306 e. The highest BCUT2D eigenvalue weighted by molar-refractivity contribution is 5.78. The summed E-state index contributed by atoms with van der Waals surface area (Å²) in [7, 11) is 0. The predicted octanol–water partition coefficient (Wildman–Crippen LogP) is 5.14. The van der Waals surface area contributed by atoms with E-state index in [9.17, 15) is 24.9 Å².